The van der Waals surface area contributed by atoms with Crippen LogP contribution in [0.3, 0.4) is 0 Å². The molecule has 0 rings (SSSR count). The Morgan fingerprint density at radius 2 is 1.67 bits per heavy atom. The maximum atomic E-state index is 2.22. The predicted octanol–water partition coefficient (Wildman–Crippen LogP) is 1.90. The molecule has 0 aromatic rings. The van der Waals surface area contributed by atoms with Crippen molar-refractivity contribution in [2.24, 2.45) is 5.92 Å². The van der Waals surface area contributed by atoms with Crippen LogP contribution in [0.2, 0.25) is 0 Å². The van der Waals surface area contributed by atoms with Crippen molar-refractivity contribution in [2.75, 3.05) is 0 Å². The van der Waals surface area contributed by atoms with E-state index in [1.807, 2.05) is 0 Å². The molecule has 0 unspecified atom stereocenters. The normalized spacial score (nSPS) is 8.00. The second-order valence-corrected chi connectivity index (χ2v) is 1.80. The van der Waals surface area contributed by atoms with Gasteiger partial charge >= 0.3 is 23.1 Å². The first kappa shape index (κ1) is 9.90. The van der Waals surface area contributed by atoms with Crippen LogP contribution in [0.1, 0.15) is 30.0 Å². The van der Waals surface area contributed by atoms with Crippen LogP contribution < -0.4 is 0 Å². The van der Waals surface area contributed by atoms with Crippen molar-refractivity contribution in [3.8, 4) is 0 Å². The smallest absolute Gasteiger partial charge is 1.00 e. The van der Waals surface area contributed by atoms with Crippen LogP contribution in [0.4, 0.5) is 0 Å². The van der Waals surface area contributed by atoms with Gasteiger partial charge in [0, 0.05) is 0 Å². The van der Waals surface area contributed by atoms with Crippen molar-refractivity contribution in [3.05, 3.63) is 0 Å². The van der Waals surface area contributed by atoms with Gasteiger partial charge in [-0.2, -0.15) is 0 Å². The zero-order valence-corrected chi connectivity index (χ0v) is 6.41. The van der Waals surface area contributed by atoms with Gasteiger partial charge in [-0.05, 0) is 5.92 Å². The Bertz CT molecular complexity index is 24.4. The molecule has 1 heteroatoms. The van der Waals surface area contributed by atoms with E-state index >= 15 is 0 Å². The van der Waals surface area contributed by atoms with Gasteiger partial charge in [-0.1, -0.05) is 27.2 Å². The fourth-order valence-corrected chi connectivity index (χ4v) is 0. The van der Waals surface area contributed by atoms with Crippen LogP contribution in [-0.2, 0) is 0 Å². The Kier molecular flexibility index (Phi) is 9.52. The van der Waals surface area contributed by atoms with E-state index in [1.165, 1.54) is 6.42 Å². The summed E-state index contributed by atoms with van der Waals surface area (Å²) in [4.78, 5) is 0. The number of hydrogen-bond acceptors (Lipinski definition) is 0. The Morgan fingerprint density at radius 1 is 1.50 bits per heavy atom. The SMILES string of the molecule is CCC(C)C.[H-].[H-].[Mg+2]. The minimum atomic E-state index is 0. The molecule has 0 spiro atoms. The summed E-state index contributed by atoms with van der Waals surface area (Å²) in [7, 11) is 0. The van der Waals surface area contributed by atoms with Gasteiger partial charge < -0.3 is 2.85 Å². The molecule has 0 heterocycles. The van der Waals surface area contributed by atoms with Crippen molar-refractivity contribution < 1.29 is 2.85 Å². The molecule has 0 aliphatic heterocycles. The van der Waals surface area contributed by atoms with Crippen LogP contribution in [0.15, 0.2) is 0 Å². The monoisotopic (exact) mass is 98.1 g/mol. The van der Waals surface area contributed by atoms with Gasteiger partial charge in [0.2, 0.25) is 0 Å². The minimum absolute atomic E-state index is 0. The largest absolute Gasteiger partial charge is 2.00 e. The summed E-state index contributed by atoms with van der Waals surface area (Å²) in [6.45, 7) is 6.64. The molecule has 0 saturated carbocycles. The van der Waals surface area contributed by atoms with Crippen molar-refractivity contribution in [1.82, 2.24) is 0 Å². The second-order valence-electron chi connectivity index (χ2n) is 1.80. The molecule has 0 aromatic carbocycles. The van der Waals surface area contributed by atoms with E-state index in [9.17, 15) is 0 Å². The van der Waals surface area contributed by atoms with Gasteiger partial charge in [-0.15, -0.1) is 0 Å². The maximum Gasteiger partial charge on any atom is 2.00 e. The van der Waals surface area contributed by atoms with Gasteiger partial charge in [0.05, 0.1) is 0 Å². The third-order valence-electron chi connectivity index (χ3n) is 0.816. The van der Waals surface area contributed by atoms with E-state index in [0.29, 0.717) is 0 Å². The standard InChI is InChI=1S/C5H12.Mg.2H/c1-4-5(2)3;;;/h5H,4H2,1-3H3;;;/q;+2;2*-1. The first-order chi connectivity index (χ1) is 2.27. The van der Waals surface area contributed by atoms with Crippen molar-refractivity contribution >= 4 is 23.1 Å². The van der Waals surface area contributed by atoms with Crippen molar-refractivity contribution in [3.63, 3.8) is 0 Å². The molecular formula is C5H14Mg. The van der Waals surface area contributed by atoms with E-state index in [4.69, 9.17) is 0 Å². The van der Waals surface area contributed by atoms with Crippen molar-refractivity contribution in [1.29, 1.82) is 0 Å². The van der Waals surface area contributed by atoms with Crippen LogP contribution >= 0.6 is 0 Å². The van der Waals surface area contributed by atoms with E-state index < -0.39 is 0 Å². The Balaban J connectivity index is -0.0000000267. The summed E-state index contributed by atoms with van der Waals surface area (Å²) in [5.41, 5.74) is 0. The molecule has 0 aromatic heterocycles. The van der Waals surface area contributed by atoms with Gasteiger partial charge in [-0.3, -0.25) is 0 Å². The number of hydrogen-bond donors (Lipinski definition) is 0. The predicted molar refractivity (Wildman–Crippen MR) is 33.1 cm³/mol. The maximum absolute atomic E-state index is 2.22. The Hall–Kier alpha value is 0.766. The molecule has 0 fully saturated rings. The molecule has 0 radical (unpaired) electrons. The molecule has 0 N–H and O–H groups in total. The van der Waals surface area contributed by atoms with E-state index in [-0.39, 0.29) is 25.9 Å². The minimum Gasteiger partial charge on any atom is -1.00 e. The number of rotatable bonds is 1. The molecule has 0 aliphatic rings. The molecule has 0 amide bonds. The fraction of sp³-hybridized carbons (Fsp3) is 1.00. The molecule has 0 bridgehead atoms. The summed E-state index contributed by atoms with van der Waals surface area (Å²) in [6.07, 6.45) is 1.31. The topological polar surface area (TPSA) is 0 Å². The molecular weight excluding hydrogens is 84.4 g/mol. The zero-order valence-electron chi connectivity index (χ0n) is 6.99. The average Bonchev–Trinajstić information content (AvgIpc) is 1.38. The zero-order chi connectivity index (χ0) is 4.28. The van der Waals surface area contributed by atoms with E-state index in [2.05, 4.69) is 20.8 Å². The van der Waals surface area contributed by atoms with Gasteiger partial charge in [0.25, 0.3) is 0 Å². The average molecular weight is 98.5 g/mol. The van der Waals surface area contributed by atoms with Gasteiger partial charge in [0.1, 0.15) is 0 Å². The molecule has 0 nitrogen and oxygen atoms in total. The molecule has 36 valence electrons. The van der Waals surface area contributed by atoms with E-state index in [0.717, 1.165) is 5.92 Å². The van der Waals surface area contributed by atoms with Crippen LogP contribution in [-0.4, -0.2) is 23.1 Å². The van der Waals surface area contributed by atoms with Crippen LogP contribution in [0, 0.1) is 5.92 Å². The van der Waals surface area contributed by atoms with Gasteiger partial charge in [0.15, 0.2) is 0 Å². The van der Waals surface area contributed by atoms with E-state index in [1.54, 1.807) is 0 Å². The molecule has 6 heavy (non-hydrogen) atoms. The fourth-order valence-electron chi connectivity index (χ4n) is 0. The Morgan fingerprint density at radius 3 is 1.67 bits per heavy atom. The molecule has 0 saturated heterocycles. The molecule has 0 atom stereocenters. The van der Waals surface area contributed by atoms with Crippen molar-refractivity contribution in [2.45, 2.75) is 27.2 Å². The summed E-state index contributed by atoms with van der Waals surface area (Å²) >= 11 is 0. The summed E-state index contributed by atoms with van der Waals surface area (Å²) < 4.78 is 0. The summed E-state index contributed by atoms with van der Waals surface area (Å²) in [5.74, 6) is 0.884. The van der Waals surface area contributed by atoms with Crippen LogP contribution in [0.25, 0.3) is 0 Å². The summed E-state index contributed by atoms with van der Waals surface area (Å²) in [5, 5.41) is 0. The quantitative estimate of drug-likeness (QED) is 0.440. The Labute approximate surface area is 59.4 Å². The van der Waals surface area contributed by atoms with Gasteiger partial charge in [-0.25, -0.2) is 0 Å². The third kappa shape index (κ3) is 8.84. The second kappa shape index (κ2) is 5.77. The van der Waals surface area contributed by atoms with Crippen LogP contribution in [0.5, 0.6) is 0 Å². The first-order valence-corrected chi connectivity index (χ1v) is 2.27. The third-order valence-corrected chi connectivity index (χ3v) is 0.816. The summed E-state index contributed by atoms with van der Waals surface area (Å²) in [6, 6.07) is 0. The first-order valence-electron chi connectivity index (χ1n) is 2.27. The molecule has 0 aliphatic carbocycles.